The van der Waals surface area contributed by atoms with Gasteiger partial charge in [0.25, 0.3) is 0 Å². The first kappa shape index (κ1) is 8.93. The van der Waals surface area contributed by atoms with Crippen LogP contribution in [0.2, 0.25) is 0 Å². The van der Waals surface area contributed by atoms with E-state index in [1.54, 1.807) is 7.11 Å². The Labute approximate surface area is 67.9 Å². The third kappa shape index (κ3) is 2.41. The Hall–Kier alpha value is -0.160. The molecule has 0 aromatic heterocycles. The summed E-state index contributed by atoms with van der Waals surface area (Å²) in [4.78, 5) is 4.43. The summed E-state index contributed by atoms with van der Waals surface area (Å²) in [5.41, 5.74) is 5.68. The van der Waals surface area contributed by atoms with E-state index < -0.39 is 0 Å². The van der Waals surface area contributed by atoms with Crippen LogP contribution in [0, 0.1) is 0 Å². The largest absolute Gasteiger partial charge is 0.353 e. The van der Waals surface area contributed by atoms with Gasteiger partial charge in [0.15, 0.2) is 6.35 Å². The molecular weight excluding hydrogens is 142 g/mol. The lowest BCUT2D eigenvalue weighted by molar-refractivity contribution is -0.0462. The number of ether oxygens (including phenoxy) is 1. The van der Waals surface area contributed by atoms with Crippen molar-refractivity contribution < 1.29 is 4.74 Å². The van der Waals surface area contributed by atoms with E-state index in [2.05, 4.69) is 16.8 Å². The van der Waals surface area contributed by atoms with E-state index in [0.717, 1.165) is 26.2 Å². The molecule has 0 bridgehead atoms. The van der Waals surface area contributed by atoms with Crippen molar-refractivity contribution in [3.63, 3.8) is 0 Å². The van der Waals surface area contributed by atoms with Crippen molar-refractivity contribution in [1.29, 1.82) is 0 Å². The maximum Gasteiger partial charge on any atom is 0.163 e. The molecule has 2 N–H and O–H groups in total. The van der Waals surface area contributed by atoms with Crippen molar-refractivity contribution in [2.75, 3.05) is 40.3 Å². The molecule has 0 saturated carbocycles. The van der Waals surface area contributed by atoms with E-state index in [1.807, 2.05) is 0 Å². The first-order chi connectivity index (χ1) is 5.24. The van der Waals surface area contributed by atoms with E-state index in [4.69, 9.17) is 10.5 Å². The Bertz CT molecular complexity index is 112. The van der Waals surface area contributed by atoms with Crippen molar-refractivity contribution in [2.24, 2.45) is 5.73 Å². The fraction of sp³-hybridized carbons (Fsp3) is 1.00. The minimum atomic E-state index is -0.219. The van der Waals surface area contributed by atoms with Crippen LogP contribution in [0.15, 0.2) is 0 Å². The minimum absolute atomic E-state index is 0.219. The quantitative estimate of drug-likeness (QED) is 0.531. The number of hydrogen-bond acceptors (Lipinski definition) is 4. The third-order valence-electron chi connectivity index (χ3n) is 2.14. The van der Waals surface area contributed by atoms with Crippen LogP contribution in [0.5, 0.6) is 0 Å². The molecular formula is C7H17N3O. The number of rotatable bonds is 2. The van der Waals surface area contributed by atoms with E-state index in [-0.39, 0.29) is 6.35 Å². The molecule has 1 heterocycles. The highest BCUT2D eigenvalue weighted by atomic mass is 16.5. The molecule has 66 valence electrons. The van der Waals surface area contributed by atoms with Crippen LogP contribution >= 0.6 is 0 Å². The lowest BCUT2D eigenvalue weighted by atomic mass is 10.3. The zero-order valence-corrected chi connectivity index (χ0v) is 7.29. The lowest BCUT2D eigenvalue weighted by Gasteiger charge is -2.35. The fourth-order valence-corrected chi connectivity index (χ4v) is 1.23. The first-order valence-corrected chi connectivity index (χ1v) is 3.95. The Morgan fingerprint density at radius 3 is 2.27 bits per heavy atom. The van der Waals surface area contributed by atoms with Gasteiger partial charge in [-0.05, 0) is 7.05 Å². The summed E-state index contributed by atoms with van der Waals surface area (Å²) in [5, 5.41) is 0. The van der Waals surface area contributed by atoms with Crippen LogP contribution in [0.4, 0.5) is 0 Å². The third-order valence-corrected chi connectivity index (χ3v) is 2.14. The maximum absolute atomic E-state index is 5.68. The molecule has 1 rings (SSSR count). The van der Waals surface area contributed by atoms with Crippen LogP contribution in [0.1, 0.15) is 0 Å². The Morgan fingerprint density at radius 1 is 1.27 bits per heavy atom. The summed E-state index contributed by atoms with van der Waals surface area (Å²) in [7, 11) is 3.76. The summed E-state index contributed by atoms with van der Waals surface area (Å²) in [6.45, 7) is 4.17. The van der Waals surface area contributed by atoms with Gasteiger partial charge in [0.2, 0.25) is 0 Å². The zero-order chi connectivity index (χ0) is 8.27. The van der Waals surface area contributed by atoms with Crippen LogP contribution in [0.3, 0.4) is 0 Å². The van der Waals surface area contributed by atoms with Gasteiger partial charge < -0.3 is 9.64 Å². The first-order valence-electron chi connectivity index (χ1n) is 3.95. The number of nitrogens with zero attached hydrogens (tertiary/aromatic N) is 2. The van der Waals surface area contributed by atoms with Crippen molar-refractivity contribution in [2.45, 2.75) is 6.35 Å². The highest BCUT2D eigenvalue weighted by Crippen LogP contribution is 2.01. The molecule has 0 aromatic carbocycles. The molecule has 1 aliphatic heterocycles. The number of nitrogens with two attached hydrogens (primary N) is 1. The van der Waals surface area contributed by atoms with Crippen LogP contribution < -0.4 is 5.73 Å². The SMILES string of the molecule is COC(N)N1CCN(C)CC1. The van der Waals surface area contributed by atoms with Gasteiger partial charge >= 0.3 is 0 Å². The number of hydrogen-bond donors (Lipinski definition) is 1. The van der Waals surface area contributed by atoms with Crippen molar-refractivity contribution in [1.82, 2.24) is 9.80 Å². The number of likely N-dealkylation sites (N-methyl/N-ethyl adjacent to an activating group) is 1. The molecule has 1 atom stereocenters. The summed E-state index contributed by atoms with van der Waals surface area (Å²) in [6.07, 6.45) is -0.219. The molecule has 0 radical (unpaired) electrons. The van der Waals surface area contributed by atoms with Crippen LogP contribution in [0.25, 0.3) is 0 Å². The number of methoxy groups -OCH3 is 1. The van der Waals surface area contributed by atoms with Gasteiger partial charge in [-0.15, -0.1) is 0 Å². The van der Waals surface area contributed by atoms with Crippen LogP contribution in [-0.2, 0) is 4.74 Å². The molecule has 1 saturated heterocycles. The van der Waals surface area contributed by atoms with E-state index >= 15 is 0 Å². The molecule has 11 heavy (non-hydrogen) atoms. The second-order valence-electron chi connectivity index (χ2n) is 2.97. The second kappa shape index (κ2) is 4.01. The van der Waals surface area contributed by atoms with E-state index in [9.17, 15) is 0 Å². The van der Waals surface area contributed by atoms with Gasteiger partial charge in [-0.2, -0.15) is 0 Å². The molecule has 4 nitrogen and oxygen atoms in total. The average Bonchev–Trinajstić information content (AvgIpc) is 2.05. The molecule has 0 aromatic rings. The van der Waals surface area contributed by atoms with Gasteiger partial charge in [-0.25, -0.2) is 0 Å². The summed E-state index contributed by atoms with van der Waals surface area (Å²) in [6, 6.07) is 0. The molecule has 1 fully saturated rings. The molecule has 1 unspecified atom stereocenters. The molecule has 0 spiro atoms. The van der Waals surface area contributed by atoms with E-state index in [0.29, 0.717) is 0 Å². The predicted molar refractivity (Wildman–Crippen MR) is 44.1 cm³/mol. The average molecular weight is 159 g/mol. The smallest absolute Gasteiger partial charge is 0.163 e. The lowest BCUT2D eigenvalue weighted by Crippen LogP contribution is -2.52. The zero-order valence-electron chi connectivity index (χ0n) is 7.29. The van der Waals surface area contributed by atoms with Crippen LogP contribution in [-0.4, -0.2) is 56.5 Å². The predicted octanol–water partition coefficient (Wildman–Crippen LogP) is -0.877. The monoisotopic (exact) mass is 159 g/mol. The topological polar surface area (TPSA) is 41.7 Å². The molecule has 1 aliphatic rings. The second-order valence-corrected chi connectivity index (χ2v) is 2.97. The molecule has 0 amide bonds. The van der Waals surface area contributed by atoms with Gasteiger partial charge in [-0.3, -0.25) is 10.6 Å². The van der Waals surface area contributed by atoms with E-state index in [1.165, 1.54) is 0 Å². The Balaban J connectivity index is 2.27. The van der Waals surface area contributed by atoms with Crippen molar-refractivity contribution >= 4 is 0 Å². The van der Waals surface area contributed by atoms with Gasteiger partial charge in [0.1, 0.15) is 0 Å². The van der Waals surface area contributed by atoms with Gasteiger partial charge in [0, 0.05) is 33.3 Å². The summed E-state index contributed by atoms with van der Waals surface area (Å²) >= 11 is 0. The summed E-state index contributed by atoms with van der Waals surface area (Å²) in [5.74, 6) is 0. The minimum Gasteiger partial charge on any atom is -0.353 e. The Morgan fingerprint density at radius 2 is 1.82 bits per heavy atom. The molecule has 0 aliphatic carbocycles. The van der Waals surface area contributed by atoms with Crippen molar-refractivity contribution in [3.8, 4) is 0 Å². The maximum atomic E-state index is 5.68. The van der Waals surface area contributed by atoms with Crippen molar-refractivity contribution in [3.05, 3.63) is 0 Å². The standard InChI is InChI=1S/C7H17N3O/c1-9-3-5-10(6-4-9)7(8)11-2/h7H,3-6,8H2,1-2H3. The highest BCUT2D eigenvalue weighted by molar-refractivity contribution is 4.69. The normalized spacial score (nSPS) is 25.4. The van der Waals surface area contributed by atoms with Gasteiger partial charge in [0.05, 0.1) is 0 Å². The number of piperazine rings is 1. The van der Waals surface area contributed by atoms with Gasteiger partial charge in [-0.1, -0.05) is 0 Å². The summed E-state index contributed by atoms with van der Waals surface area (Å²) < 4.78 is 5.01. The fourth-order valence-electron chi connectivity index (χ4n) is 1.23. The Kier molecular flexibility index (Phi) is 3.26. The highest BCUT2D eigenvalue weighted by Gasteiger charge is 2.18. The molecule has 4 heteroatoms.